The van der Waals surface area contributed by atoms with Crippen molar-refractivity contribution in [1.29, 1.82) is 0 Å². The second kappa shape index (κ2) is 6.95. The molecule has 24 heavy (non-hydrogen) atoms. The lowest BCUT2D eigenvalue weighted by atomic mass is 9.96. The fourth-order valence-corrected chi connectivity index (χ4v) is 3.02. The third kappa shape index (κ3) is 3.53. The highest BCUT2D eigenvalue weighted by Crippen LogP contribution is 2.21. The van der Waals surface area contributed by atoms with Crippen LogP contribution in [0.4, 0.5) is 0 Å². The van der Waals surface area contributed by atoms with Crippen LogP contribution in [0.5, 0.6) is 0 Å². The van der Waals surface area contributed by atoms with Crippen LogP contribution in [0.3, 0.4) is 0 Å². The minimum atomic E-state index is -0.212. The van der Waals surface area contributed by atoms with Gasteiger partial charge in [0.15, 0.2) is 5.76 Å². The number of carbonyl (C=O) groups excluding carboxylic acids is 2. The number of amides is 2. The number of furan rings is 2. The summed E-state index contributed by atoms with van der Waals surface area (Å²) in [5.41, 5.74) is 0. The van der Waals surface area contributed by atoms with Gasteiger partial charge in [-0.25, -0.2) is 0 Å². The van der Waals surface area contributed by atoms with Crippen LogP contribution in [0, 0.1) is 12.8 Å². The van der Waals surface area contributed by atoms with Gasteiger partial charge in [-0.05, 0) is 51.0 Å². The van der Waals surface area contributed by atoms with Crippen molar-refractivity contribution in [1.82, 2.24) is 10.2 Å². The van der Waals surface area contributed by atoms with E-state index in [2.05, 4.69) is 5.32 Å². The fraction of sp³-hybridized carbons (Fsp3) is 0.444. The number of carbonyl (C=O) groups is 2. The smallest absolute Gasteiger partial charge is 0.289 e. The number of hydrogen-bond donors (Lipinski definition) is 1. The van der Waals surface area contributed by atoms with Crippen molar-refractivity contribution >= 4 is 11.8 Å². The highest BCUT2D eigenvalue weighted by Gasteiger charge is 2.30. The van der Waals surface area contributed by atoms with Crippen LogP contribution in [0.15, 0.2) is 39.4 Å². The summed E-state index contributed by atoms with van der Waals surface area (Å²) in [6.07, 6.45) is 3.06. The number of likely N-dealkylation sites (tertiary alicyclic amines) is 1. The van der Waals surface area contributed by atoms with Crippen molar-refractivity contribution in [3.05, 3.63) is 47.8 Å². The number of aryl methyl sites for hydroxylation is 1. The summed E-state index contributed by atoms with van der Waals surface area (Å²) in [4.78, 5) is 26.6. The third-order valence-electron chi connectivity index (χ3n) is 4.36. The Morgan fingerprint density at radius 2 is 2.17 bits per heavy atom. The second-order valence-electron chi connectivity index (χ2n) is 6.25. The maximum absolute atomic E-state index is 12.5. The molecule has 0 radical (unpaired) electrons. The molecule has 0 bridgehead atoms. The lowest BCUT2D eigenvalue weighted by Crippen LogP contribution is -2.45. The number of nitrogens with one attached hydrogen (secondary N) is 1. The molecule has 2 atom stereocenters. The lowest BCUT2D eigenvalue weighted by molar-refractivity contribution is -0.127. The van der Waals surface area contributed by atoms with Crippen molar-refractivity contribution in [2.45, 2.75) is 32.7 Å². The van der Waals surface area contributed by atoms with E-state index < -0.39 is 0 Å². The second-order valence-corrected chi connectivity index (χ2v) is 6.25. The molecular weight excluding hydrogens is 308 g/mol. The van der Waals surface area contributed by atoms with E-state index in [9.17, 15) is 9.59 Å². The average molecular weight is 330 g/mol. The van der Waals surface area contributed by atoms with Crippen molar-refractivity contribution in [3.8, 4) is 0 Å². The fourth-order valence-electron chi connectivity index (χ4n) is 3.02. The van der Waals surface area contributed by atoms with Gasteiger partial charge in [-0.15, -0.1) is 0 Å². The molecule has 128 valence electrons. The van der Waals surface area contributed by atoms with Gasteiger partial charge in [0.05, 0.1) is 18.2 Å². The monoisotopic (exact) mass is 330 g/mol. The van der Waals surface area contributed by atoms with E-state index in [1.807, 2.05) is 26.0 Å². The predicted octanol–water partition coefficient (Wildman–Crippen LogP) is 2.91. The molecule has 0 spiro atoms. The Labute approximate surface area is 140 Å². The Bertz CT molecular complexity index is 704. The maximum Gasteiger partial charge on any atom is 0.289 e. The molecule has 3 heterocycles. The summed E-state index contributed by atoms with van der Waals surface area (Å²) in [5, 5.41) is 2.98. The van der Waals surface area contributed by atoms with Gasteiger partial charge in [0.2, 0.25) is 5.91 Å². The summed E-state index contributed by atoms with van der Waals surface area (Å²) >= 11 is 0. The van der Waals surface area contributed by atoms with E-state index in [-0.39, 0.29) is 23.8 Å². The number of piperidine rings is 1. The molecule has 6 heteroatoms. The summed E-state index contributed by atoms with van der Waals surface area (Å²) in [7, 11) is 0. The van der Waals surface area contributed by atoms with E-state index >= 15 is 0 Å². The van der Waals surface area contributed by atoms with Gasteiger partial charge >= 0.3 is 0 Å². The van der Waals surface area contributed by atoms with Crippen LogP contribution in [0.2, 0.25) is 0 Å². The zero-order valence-corrected chi connectivity index (χ0v) is 14.0. The third-order valence-corrected chi connectivity index (χ3v) is 4.36. The van der Waals surface area contributed by atoms with Gasteiger partial charge < -0.3 is 19.1 Å². The summed E-state index contributed by atoms with van der Waals surface area (Å²) in [5.74, 6) is 1.45. The molecule has 0 saturated carbocycles. The Balaban J connectivity index is 1.59. The molecule has 1 aliphatic heterocycles. The quantitative estimate of drug-likeness (QED) is 0.935. The minimum absolute atomic E-state index is 0.0477. The zero-order valence-electron chi connectivity index (χ0n) is 14.0. The van der Waals surface area contributed by atoms with Gasteiger partial charge in [-0.2, -0.15) is 0 Å². The van der Waals surface area contributed by atoms with E-state index in [0.717, 1.165) is 24.4 Å². The first-order chi connectivity index (χ1) is 11.5. The zero-order chi connectivity index (χ0) is 17.1. The van der Waals surface area contributed by atoms with Crippen LogP contribution in [-0.2, 0) is 4.79 Å². The molecule has 6 nitrogen and oxygen atoms in total. The van der Waals surface area contributed by atoms with Crippen LogP contribution < -0.4 is 5.32 Å². The van der Waals surface area contributed by atoms with Crippen LogP contribution in [-0.4, -0.2) is 29.8 Å². The van der Waals surface area contributed by atoms with Crippen molar-refractivity contribution in [3.63, 3.8) is 0 Å². The molecule has 0 aliphatic carbocycles. The van der Waals surface area contributed by atoms with Gasteiger partial charge in [-0.1, -0.05) is 0 Å². The van der Waals surface area contributed by atoms with Crippen LogP contribution >= 0.6 is 0 Å². The first-order valence-corrected chi connectivity index (χ1v) is 8.24. The predicted molar refractivity (Wildman–Crippen MR) is 87.3 cm³/mol. The summed E-state index contributed by atoms with van der Waals surface area (Å²) in [6.45, 7) is 4.83. The first kappa shape index (κ1) is 16.4. The molecular formula is C18H22N2O4. The molecule has 1 saturated heterocycles. The van der Waals surface area contributed by atoms with Gasteiger partial charge in [0, 0.05) is 13.1 Å². The summed E-state index contributed by atoms with van der Waals surface area (Å²) in [6, 6.07) is 6.89. The topological polar surface area (TPSA) is 75.7 Å². The minimum Gasteiger partial charge on any atom is -0.464 e. The number of hydrogen-bond acceptors (Lipinski definition) is 4. The van der Waals surface area contributed by atoms with Gasteiger partial charge in [0.1, 0.15) is 11.5 Å². The van der Waals surface area contributed by atoms with E-state index in [0.29, 0.717) is 18.8 Å². The van der Waals surface area contributed by atoms with Gasteiger partial charge in [0.25, 0.3) is 5.91 Å². The molecule has 0 unspecified atom stereocenters. The number of nitrogens with zero attached hydrogens (tertiary/aromatic N) is 1. The highest BCUT2D eigenvalue weighted by atomic mass is 16.3. The molecule has 1 fully saturated rings. The first-order valence-electron chi connectivity index (χ1n) is 8.24. The molecule has 2 amide bonds. The van der Waals surface area contributed by atoms with Crippen molar-refractivity contribution < 1.29 is 18.4 Å². The van der Waals surface area contributed by atoms with Crippen LogP contribution in [0.1, 0.15) is 47.9 Å². The van der Waals surface area contributed by atoms with Crippen molar-refractivity contribution in [2.75, 3.05) is 13.1 Å². The Morgan fingerprint density at radius 3 is 2.83 bits per heavy atom. The average Bonchev–Trinajstić information content (AvgIpc) is 3.25. The largest absolute Gasteiger partial charge is 0.464 e. The van der Waals surface area contributed by atoms with E-state index in [4.69, 9.17) is 8.83 Å². The van der Waals surface area contributed by atoms with Crippen LogP contribution in [0.25, 0.3) is 0 Å². The highest BCUT2D eigenvalue weighted by molar-refractivity contribution is 5.92. The summed E-state index contributed by atoms with van der Waals surface area (Å²) < 4.78 is 10.7. The Kier molecular flexibility index (Phi) is 4.74. The SMILES string of the molecule is Cc1ccc([C@@H](C)NC(=O)[C@H]2CCCN(C(=O)c3ccco3)C2)o1. The van der Waals surface area contributed by atoms with Crippen molar-refractivity contribution in [2.24, 2.45) is 5.92 Å². The molecule has 1 N–H and O–H groups in total. The number of rotatable bonds is 4. The Hall–Kier alpha value is -2.50. The molecule has 3 rings (SSSR count). The molecule has 2 aromatic rings. The van der Waals surface area contributed by atoms with E-state index in [1.54, 1.807) is 17.0 Å². The maximum atomic E-state index is 12.5. The molecule has 0 aromatic carbocycles. The lowest BCUT2D eigenvalue weighted by Gasteiger charge is -2.32. The molecule has 1 aliphatic rings. The molecule has 2 aromatic heterocycles. The normalized spacial score (nSPS) is 19.1. The standard InChI is InChI=1S/C18H22N2O4/c1-12-7-8-15(24-12)13(2)19-17(21)14-5-3-9-20(11-14)18(22)16-6-4-10-23-16/h4,6-8,10,13-14H,3,5,9,11H2,1-2H3,(H,19,21)/t13-,14+/m1/s1. The van der Waals surface area contributed by atoms with Gasteiger partial charge in [-0.3, -0.25) is 9.59 Å². The Morgan fingerprint density at radius 1 is 1.33 bits per heavy atom. The van der Waals surface area contributed by atoms with E-state index in [1.165, 1.54) is 6.26 Å².